The van der Waals surface area contributed by atoms with Gasteiger partial charge in [-0.05, 0) is 26.0 Å². The fourth-order valence-corrected chi connectivity index (χ4v) is 1.80. The first kappa shape index (κ1) is 11.7. The predicted molar refractivity (Wildman–Crippen MR) is 63.0 cm³/mol. The van der Waals surface area contributed by atoms with Gasteiger partial charge in [0.15, 0.2) is 0 Å². The molecule has 2 aromatic heterocycles. The molecule has 0 saturated carbocycles. The van der Waals surface area contributed by atoms with Crippen LogP contribution in [0.1, 0.15) is 28.8 Å². The number of rotatable bonds is 3. The van der Waals surface area contributed by atoms with Crippen molar-refractivity contribution >= 4 is 0 Å². The van der Waals surface area contributed by atoms with Crippen molar-refractivity contribution < 1.29 is 14.3 Å². The summed E-state index contributed by atoms with van der Waals surface area (Å²) in [6.07, 6.45) is 2.48. The molecule has 2 aromatic rings. The van der Waals surface area contributed by atoms with Crippen LogP contribution in [0.4, 0.5) is 0 Å². The van der Waals surface area contributed by atoms with Gasteiger partial charge in [0.1, 0.15) is 23.4 Å². The van der Waals surface area contributed by atoms with E-state index in [4.69, 9.17) is 9.15 Å². The first-order valence-electron chi connectivity index (χ1n) is 5.35. The predicted octanol–water partition coefficient (Wildman–Crippen LogP) is 2.38. The van der Waals surface area contributed by atoms with E-state index in [1.165, 1.54) is 0 Å². The van der Waals surface area contributed by atoms with Gasteiger partial charge >= 0.3 is 0 Å². The van der Waals surface area contributed by atoms with Crippen LogP contribution in [0.15, 0.2) is 28.9 Å². The minimum Gasteiger partial charge on any atom is -0.495 e. The van der Waals surface area contributed by atoms with E-state index in [9.17, 15) is 5.11 Å². The maximum absolute atomic E-state index is 10.3. The molecule has 0 amide bonds. The van der Waals surface area contributed by atoms with E-state index in [0.29, 0.717) is 11.3 Å². The zero-order valence-electron chi connectivity index (χ0n) is 10.1. The maximum atomic E-state index is 10.3. The Hall–Kier alpha value is -1.81. The van der Waals surface area contributed by atoms with E-state index in [1.807, 2.05) is 19.9 Å². The maximum Gasteiger partial charge on any atom is 0.137 e. The largest absolute Gasteiger partial charge is 0.495 e. The molecular formula is C13H15NO3. The van der Waals surface area contributed by atoms with Gasteiger partial charge in [-0.2, -0.15) is 0 Å². The van der Waals surface area contributed by atoms with Crippen molar-refractivity contribution in [2.45, 2.75) is 20.0 Å². The number of pyridine rings is 1. The minimum atomic E-state index is -0.741. The number of hydrogen-bond donors (Lipinski definition) is 1. The lowest BCUT2D eigenvalue weighted by Crippen LogP contribution is -2.01. The van der Waals surface area contributed by atoms with Crippen molar-refractivity contribution in [3.8, 4) is 5.75 Å². The average Bonchev–Trinajstić information content (AvgIpc) is 2.67. The van der Waals surface area contributed by atoms with Crippen molar-refractivity contribution in [1.29, 1.82) is 0 Å². The second-order valence-electron chi connectivity index (χ2n) is 3.93. The molecule has 0 aliphatic rings. The average molecular weight is 233 g/mol. The number of ether oxygens (including phenoxy) is 1. The van der Waals surface area contributed by atoms with Crippen LogP contribution in [0, 0.1) is 13.8 Å². The fraction of sp³-hybridized carbons (Fsp3) is 0.308. The molecule has 17 heavy (non-hydrogen) atoms. The smallest absolute Gasteiger partial charge is 0.137 e. The summed E-state index contributed by atoms with van der Waals surface area (Å²) in [5.41, 5.74) is 1.45. The SMILES string of the molecule is COc1cncc(C(O)c2cc(C)oc2C)c1. The third kappa shape index (κ3) is 2.31. The summed E-state index contributed by atoms with van der Waals surface area (Å²) in [4.78, 5) is 4.02. The molecule has 0 aliphatic carbocycles. The zero-order chi connectivity index (χ0) is 12.4. The lowest BCUT2D eigenvalue weighted by Gasteiger charge is -2.10. The summed E-state index contributed by atoms with van der Waals surface area (Å²) in [5, 5.41) is 10.3. The molecule has 2 heterocycles. The van der Waals surface area contributed by atoms with E-state index >= 15 is 0 Å². The summed E-state index contributed by atoms with van der Waals surface area (Å²) >= 11 is 0. The molecule has 1 N–H and O–H groups in total. The molecular weight excluding hydrogens is 218 g/mol. The number of aliphatic hydroxyl groups is 1. The second-order valence-corrected chi connectivity index (χ2v) is 3.93. The van der Waals surface area contributed by atoms with E-state index in [2.05, 4.69) is 4.98 Å². The molecule has 0 saturated heterocycles. The molecule has 4 nitrogen and oxygen atoms in total. The number of aliphatic hydroxyl groups excluding tert-OH is 1. The molecule has 1 atom stereocenters. The monoisotopic (exact) mass is 233 g/mol. The van der Waals surface area contributed by atoms with Gasteiger partial charge < -0.3 is 14.3 Å². The Labute approximate surface area is 99.9 Å². The third-order valence-electron chi connectivity index (χ3n) is 2.66. The highest BCUT2D eigenvalue weighted by atomic mass is 16.5. The number of aryl methyl sites for hydroxylation is 2. The summed E-state index contributed by atoms with van der Waals surface area (Å²) < 4.78 is 10.5. The van der Waals surface area contributed by atoms with Crippen molar-refractivity contribution in [3.05, 3.63) is 47.2 Å². The summed E-state index contributed by atoms with van der Waals surface area (Å²) in [6.45, 7) is 3.69. The molecule has 2 rings (SSSR count). The highest BCUT2D eigenvalue weighted by molar-refractivity contribution is 5.34. The molecule has 0 aromatic carbocycles. The first-order valence-corrected chi connectivity index (χ1v) is 5.35. The zero-order valence-corrected chi connectivity index (χ0v) is 10.1. The Kier molecular flexibility index (Phi) is 3.15. The lowest BCUT2D eigenvalue weighted by molar-refractivity contribution is 0.217. The number of furan rings is 1. The Morgan fingerprint density at radius 2 is 2.06 bits per heavy atom. The summed E-state index contributed by atoms with van der Waals surface area (Å²) in [5.74, 6) is 2.13. The molecule has 0 bridgehead atoms. The van der Waals surface area contributed by atoms with Crippen LogP contribution in [-0.2, 0) is 0 Å². The third-order valence-corrected chi connectivity index (χ3v) is 2.66. The van der Waals surface area contributed by atoms with Gasteiger partial charge in [0.05, 0.1) is 13.3 Å². The Bertz CT molecular complexity index is 519. The van der Waals surface area contributed by atoms with Crippen LogP contribution in [0.3, 0.4) is 0 Å². The Morgan fingerprint density at radius 1 is 1.29 bits per heavy atom. The number of aromatic nitrogens is 1. The van der Waals surface area contributed by atoms with Gasteiger partial charge in [0, 0.05) is 17.3 Å². The normalized spacial score (nSPS) is 12.5. The van der Waals surface area contributed by atoms with Crippen LogP contribution in [0.5, 0.6) is 5.75 Å². The molecule has 90 valence electrons. The summed E-state index contributed by atoms with van der Waals surface area (Å²) in [6, 6.07) is 3.60. The topological polar surface area (TPSA) is 55.5 Å². The van der Waals surface area contributed by atoms with Crippen LogP contribution in [0.2, 0.25) is 0 Å². The summed E-state index contributed by atoms with van der Waals surface area (Å²) in [7, 11) is 1.57. The standard InChI is InChI=1S/C13H15NO3/c1-8-4-12(9(2)17-8)13(15)10-5-11(16-3)7-14-6-10/h4-7,13,15H,1-3H3. The molecule has 0 spiro atoms. The number of nitrogens with zero attached hydrogens (tertiary/aromatic N) is 1. The highest BCUT2D eigenvalue weighted by Gasteiger charge is 2.17. The van der Waals surface area contributed by atoms with Gasteiger partial charge in [-0.15, -0.1) is 0 Å². The van der Waals surface area contributed by atoms with Crippen LogP contribution < -0.4 is 4.74 Å². The molecule has 1 unspecified atom stereocenters. The van der Waals surface area contributed by atoms with Crippen molar-refractivity contribution in [1.82, 2.24) is 4.98 Å². The lowest BCUT2D eigenvalue weighted by atomic mass is 10.0. The molecule has 0 radical (unpaired) electrons. The van der Waals surface area contributed by atoms with E-state index in [0.717, 1.165) is 17.1 Å². The van der Waals surface area contributed by atoms with Crippen LogP contribution >= 0.6 is 0 Å². The fourth-order valence-electron chi connectivity index (χ4n) is 1.80. The van der Waals surface area contributed by atoms with Gasteiger partial charge in [-0.25, -0.2) is 0 Å². The Morgan fingerprint density at radius 3 is 2.65 bits per heavy atom. The van der Waals surface area contributed by atoms with E-state index in [1.54, 1.807) is 25.6 Å². The van der Waals surface area contributed by atoms with E-state index in [-0.39, 0.29) is 0 Å². The molecule has 0 aliphatic heterocycles. The molecule has 0 fully saturated rings. The van der Waals surface area contributed by atoms with Gasteiger partial charge in [0.2, 0.25) is 0 Å². The van der Waals surface area contributed by atoms with Gasteiger partial charge in [-0.3, -0.25) is 4.98 Å². The van der Waals surface area contributed by atoms with Crippen molar-refractivity contribution in [2.75, 3.05) is 7.11 Å². The Balaban J connectivity index is 2.36. The minimum absolute atomic E-state index is 0.624. The van der Waals surface area contributed by atoms with E-state index < -0.39 is 6.10 Å². The van der Waals surface area contributed by atoms with Crippen molar-refractivity contribution in [3.63, 3.8) is 0 Å². The van der Waals surface area contributed by atoms with Crippen LogP contribution in [0.25, 0.3) is 0 Å². The second kappa shape index (κ2) is 4.59. The number of methoxy groups -OCH3 is 1. The first-order chi connectivity index (χ1) is 8.11. The molecule has 4 heteroatoms. The van der Waals surface area contributed by atoms with Crippen LogP contribution in [-0.4, -0.2) is 17.2 Å². The van der Waals surface area contributed by atoms with Gasteiger partial charge in [0.25, 0.3) is 0 Å². The highest BCUT2D eigenvalue weighted by Crippen LogP contribution is 2.28. The van der Waals surface area contributed by atoms with Gasteiger partial charge in [-0.1, -0.05) is 0 Å². The number of hydrogen-bond acceptors (Lipinski definition) is 4. The quantitative estimate of drug-likeness (QED) is 0.884. The van der Waals surface area contributed by atoms with Crippen molar-refractivity contribution in [2.24, 2.45) is 0 Å².